The summed E-state index contributed by atoms with van der Waals surface area (Å²) in [5.74, 6) is 0.742. The number of hydrogen-bond acceptors (Lipinski definition) is 6. The molecule has 1 aliphatic heterocycles. The largest absolute Gasteiger partial charge is 0.469 e. The molecule has 6 heteroatoms. The van der Waals surface area contributed by atoms with E-state index in [1.807, 2.05) is 18.7 Å². The van der Waals surface area contributed by atoms with E-state index in [0.717, 1.165) is 37.1 Å². The fourth-order valence-corrected chi connectivity index (χ4v) is 3.94. The fraction of sp³-hybridized carbons (Fsp3) is 0.625. The van der Waals surface area contributed by atoms with Gasteiger partial charge in [-0.25, -0.2) is 0 Å². The van der Waals surface area contributed by atoms with Crippen molar-refractivity contribution in [2.24, 2.45) is 11.3 Å². The number of carbonyl (C=O) groups is 1. The Morgan fingerprint density at radius 2 is 2.23 bits per heavy atom. The summed E-state index contributed by atoms with van der Waals surface area (Å²) in [7, 11) is 1.45. The molecule has 2 fully saturated rings. The minimum absolute atomic E-state index is 0.132. The van der Waals surface area contributed by atoms with Crippen LogP contribution in [0.2, 0.25) is 0 Å². The molecule has 0 N–H and O–H groups in total. The van der Waals surface area contributed by atoms with Crippen molar-refractivity contribution in [1.82, 2.24) is 10.2 Å². The van der Waals surface area contributed by atoms with Gasteiger partial charge in [0.05, 0.1) is 18.2 Å². The number of anilines is 1. The summed E-state index contributed by atoms with van der Waals surface area (Å²) in [6, 6.07) is 2.24. The summed E-state index contributed by atoms with van der Waals surface area (Å²) in [5, 5.41) is 17.9. The lowest BCUT2D eigenvalue weighted by Crippen LogP contribution is -2.37. The van der Waals surface area contributed by atoms with Gasteiger partial charge in [0.2, 0.25) is 0 Å². The van der Waals surface area contributed by atoms with E-state index in [9.17, 15) is 10.1 Å². The maximum absolute atomic E-state index is 12.3. The standard InChI is InChI=1S/C16H20N4O2/c1-10-11(2)18-19-14(13(10)7-17)20-8-12-5-4-6-16(12,9-20)15(21)22-3/h12H,4-6,8-9H2,1-3H3. The van der Waals surface area contributed by atoms with Crippen molar-refractivity contribution in [3.63, 3.8) is 0 Å². The Morgan fingerprint density at radius 3 is 2.91 bits per heavy atom. The second-order valence-corrected chi connectivity index (χ2v) is 6.34. The molecule has 3 rings (SSSR count). The molecule has 1 saturated carbocycles. The van der Waals surface area contributed by atoms with Crippen LogP contribution in [0.5, 0.6) is 0 Å². The number of esters is 1. The predicted molar refractivity (Wildman–Crippen MR) is 80.2 cm³/mol. The van der Waals surface area contributed by atoms with Gasteiger partial charge in [0.1, 0.15) is 11.6 Å². The fourth-order valence-electron chi connectivity index (χ4n) is 3.94. The van der Waals surface area contributed by atoms with Crippen LogP contribution in [0.25, 0.3) is 0 Å². The number of nitrogens with zero attached hydrogens (tertiary/aromatic N) is 4. The molecule has 1 saturated heterocycles. The highest BCUT2D eigenvalue weighted by Crippen LogP contribution is 2.50. The maximum atomic E-state index is 12.3. The third-order valence-corrected chi connectivity index (χ3v) is 5.31. The van der Waals surface area contributed by atoms with E-state index in [2.05, 4.69) is 16.3 Å². The van der Waals surface area contributed by atoms with Crippen molar-refractivity contribution in [3.8, 4) is 6.07 Å². The quantitative estimate of drug-likeness (QED) is 0.774. The van der Waals surface area contributed by atoms with Crippen molar-refractivity contribution in [2.45, 2.75) is 33.1 Å². The van der Waals surface area contributed by atoms with Crippen molar-refractivity contribution < 1.29 is 9.53 Å². The molecular weight excluding hydrogens is 280 g/mol. The Bertz CT molecular complexity index is 667. The van der Waals surface area contributed by atoms with E-state index in [4.69, 9.17) is 4.74 Å². The molecule has 0 spiro atoms. The first-order chi connectivity index (χ1) is 10.5. The lowest BCUT2D eigenvalue weighted by molar-refractivity contribution is -0.152. The SMILES string of the molecule is COC(=O)C12CCCC1CN(c1nnc(C)c(C)c1C#N)C2. The van der Waals surface area contributed by atoms with E-state index in [1.54, 1.807) is 0 Å². The molecule has 1 aromatic rings. The number of hydrogen-bond donors (Lipinski definition) is 0. The summed E-state index contributed by atoms with van der Waals surface area (Å²) in [4.78, 5) is 14.4. The zero-order valence-electron chi connectivity index (χ0n) is 13.2. The highest BCUT2D eigenvalue weighted by molar-refractivity contribution is 5.80. The first kappa shape index (κ1) is 14.8. The van der Waals surface area contributed by atoms with Crippen LogP contribution in [0.15, 0.2) is 0 Å². The number of methoxy groups -OCH3 is 1. The Balaban J connectivity index is 1.98. The highest BCUT2D eigenvalue weighted by atomic mass is 16.5. The molecule has 2 atom stereocenters. The molecular formula is C16H20N4O2. The average molecular weight is 300 g/mol. The van der Waals surface area contributed by atoms with Crippen molar-refractivity contribution in [1.29, 1.82) is 5.26 Å². The zero-order chi connectivity index (χ0) is 15.9. The van der Waals surface area contributed by atoms with Gasteiger partial charge in [-0.15, -0.1) is 5.10 Å². The van der Waals surface area contributed by atoms with Gasteiger partial charge in [0.15, 0.2) is 5.82 Å². The van der Waals surface area contributed by atoms with Crippen LogP contribution in [-0.2, 0) is 9.53 Å². The lowest BCUT2D eigenvalue weighted by atomic mass is 9.81. The molecule has 2 aliphatic rings. The normalized spacial score (nSPS) is 26.6. The van der Waals surface area contributed by atoms with E-state index in [1.165, 1.54) is 7.11 Å². The van der Waals surface area contributed by atoms with Gasteiger partial charge in [-0.05, 0) is 38.2 Å². The topological polar surface area (TPSA) is 79.1 Å². The molecule has 0 aromatic carbocycles. The minimum Gasteiger partial charge on any atom is -0.469 e. The number of aryl methyl sites for hydroxylation is 1. The highest BCUT2D eigenvalue weighted by Gasteiger charge is 2.56. The number of ether oxygens (including phenoxy) is 1. The number of carbonyl (C=O) groups excluding carboxylic acids is 1. The third kappa shape index (κ3) is 1.96. The van der Waals surface area contributed by atoms with Crippen LogP contribution in [-0.4, -0.2) is 36.4 Å². The van der Waals surface area contributed by atoms with Crippen LogP contribution in [0.3, 0.4) is 0 Å². The van der Waals surface area contributed by atoms with Gasteiger partial charge in [-0.3, -0.25) is 4.79 Å². The van der Waals surface area contributed by atoms with Gasteiger partial charge in [0, 0.05) is 13.1 Å². The molecule has 22 heavy (non-hydrogen) atoms. The summed E-state index contributed by atoms with van der Waals surface area (Å²) in [6.07, 6.45) is 2.92. The minimum atomic E-state index is -0.443. The summed E-state index contributed by atoms with van der Waals surface area (Å²) in [5.41, 5.74) is 1.74. The molecule has 0 radical (unpaired) electrons. The van der Waals surface area contributed by atoms with E-state index in [0.29, 0.717) is 17.9 Å². The summed E-state index contributed by atoms with van der Waals surface area (Å²) < 4.78 is 5.06. The molecule has 1 aromatic heterocycles. The predicted octanol–water partition coefficient (Wildman–Crippen LogP) is 1.74. The average Bonchev–Trinajstić information content (AvgIpc) is 3.06. The molecule has 2 unspecified atom stereocenters. The smallest absolute Gasteiger partial charge is 0.313 e. The Kier molecular flexibility index (Phi) is 3.51. The monoisotopic (exact) mass is 300 g/mol. The number of aromatic nitrogens is 2. The van der Waals surface area contributed by atoms with Gasteiger partial charge in [0.25, 0.3) is 0 Å². The first-order valence-corrected chi connectivity index (χ1v) is 7.61. The Labute approximate surface area is 130 Å². The molecule has 1 aliphatic carbocycles. The van der Waals surface area contributed by atoms with E-state index in [-0.39, 0.29) is 11.9 Å². The third-order valence-electron chi connectivity index (χ3n) is 5.31. The van der Waals surface area contributed by atoms with Gasteiger partial charge in [-0.1, -0.05) is 6.42 Å². The number of fused-ring (bicyclic) bond motifs is 1. The Morgan fingerprint density at radius 1 is 1.45 bits per heavy atom. The van der Waals surface area contributed by atoms with Crippen LogP contribution in [0.1, 0.15) is 36.1 Å². The molecule has 0 bridgehead atoms. The van der Waals surface area contributed by atoms with E-state index >= 15 is 0 Å². The second-order valence-electron chi connectivity index (χ2n) is 6.34. The first-order valence-electron chi connectivity index (χ1n) is 7.61. The molecule has 0 amide bonds. The van der Waals surface area contributed by atoms with Crippen LogP contribution in [0, 0.1) is 36.5 Å². The maximum Gasteiger partial charge on any atom is 0.313 e. The van der Waals surface area contributed by atoms with Crippen LogP contribution < -0.4 is 4.90 Å². The lowest BCUT2D eigenvalue weighted by Gasteiger charge is -2.25. The van der Waals surface area contributed by atoms with Crippen molar-refractivity contribution in [3.05, 3.63) is 16.8 Å². The van der Waals surface area contributed by atoms with Crippen LogP contribution in [0.4, 0.5) is 5.82 Å². The van der Waals surface area contributed by atoms with Gasteiger partial charge >= 0.3 is 5.97 Å². The van der Waals surface area contributed by atoms with Crippen LogP contribution >= 0.6 is 0 Å². The van der Waals surface area contributed by atoms with Crippen molar-refractivity contribution in [2.75, 3.05) is 25.1 Å². The number of nitriles is 1. The number of rotatable bonds is 2. The Hall–Kier alpha value is -2.16. The molecule has 6 nitrogen and oxygen atoms in total. The van der Waals surface area contributed by atoms with Crippen molar-refractivity contribution >= 4 is 11.8 Å². The van der Waals surface area contributed by atoms with E-state index < -0.39 is 5.41 Å². The summed E-state index contributed by atoms with van der Waals surface area (Å²) >= 11 is 0. The summed E-state index contributed by atoms with van der Waals surface area (Å²) in [6.45, 7) is 5.04. The zero-order valence-corrected chi connectivity index (χ0v) is 13.2. The second kappa shape index (κ2) is 5.24. The molecule has 2 heterocycles. The van der Waals surface area contributed by atoms with Gasteiger partial charge < -0.3 is 9.64 Å². The van der Waals surface area contributed by atoms with Gasteiger partial charge in [-0.2, -0.15) is 10.4 Å². The molecule has 116 valence electrons.